The Kier molecular flexibility index (Phi) is 6.23. The number of aromatic nitrogens is 3. The topological polar surface area (TPSA) is 83.0 Å². The molecule has 1 fully saturated rings. The number of rotatable bonds is 5. The number of halogens is 3. The first-order valence-electron chi connectivity index (χ1n) is 8.19. The van der Waals surface area contributed by atoms with Gasteiger partial charge in [0.1, 0.15) is 6.10 Å². The van der Waals surface area contributed by atoms with Crippen LogP contribution < -0.4 is 5.84 Å². The van der Waals surface area contributed by atoms with Gasteiger partial charge in [-0.2, -0.15) is 13.2 Å². The summed E-state index contributed by atoms with van der Waals surface area (Å²) in [6.07, 6.45) is -1.91. The van der Waals surface area contributed by atoms with E-state index in [-0.39, 0.29) is 17.0 Å². The second-order valence-electron chi connectivity index (χ2n) is 6.82. The lowest BCUT2D eigenvalue weighted by Gasteiger charge is -2.36. The Balaban J connectivity index is 1.93. The SMILES string of the molecule is CC(C)[C@H]1CC[C@@H](C)C[C@H]1OC(=O)CSc1nnc(C(F)(F)F)n1N. The van der Waals surface area contributed by atoms with E-state index in [1.54, 1.807) is 0 Å². The molecule has 1 aromatic heterocycles. The average molecular weight is 380 g/mol. The van der Waals surface area contributed by atoms with E-state index in [1.807, 2.05) is 0 Å². The number of nitrogen functional groups attached to an aromatic ring is 1. The van der Waals surface area contributed by atoms with Crippen LogP contribution in [-0.4, -0.2) is 32.7 Å². The molecule has 2 N–H and O–H groups in total. The van der Waals surface area contributed by atoms with Crippen molar-refractivity contribution in [3.05, 3.63) is 5.82 Å². The summed E-state index contributed by atoms with van der Waals surface area (Å²) in [6, 6.07) is 0. The summed E-state index contributed by atoms with van der Waals surface area (Å²) in [4.78, 5) is 12.1. The van der Waals surface area contributed by atoms with Crippen LogP contribution in [0.1, 0.15) is 45.9 Å². The molecule has 6 nitrogen and oxygen atoms in total. The van der Waals surface area contributed by atoms with Crippen LogP contribution in [0.2, 0.25) is 0 Å². The van der Waals surface area contributed by atoms with Crippen LogP contribution in [0.25, 0.3) is 0 Å². The van der Waals surface area contributed by atoms with Crippen molar-refractivity contribution in [1.29, 1.82) is 0 Å². The Morgan fingerprint density at radius 1 is 1.40 bits per heavy atom. The highest BCUT2D eigenvalue weighted by molar-refractivity contribution is 7.99. The zero-order valence-electron chi connectivity index (χ0n) is 14.4. The van der Waals surface area contributed by atoms with Gasteiger partial charge in [0.05, 0.1) is 5.75 Å². The highest BCUT2D eigenvalue weighted by Crippen LogP contribution is 2.35. The minimum atomic E-state index is -4.69. The molecule has 0 amide bonds. The maximum atomic E-state index is 12.6. The quantitative estimate of drug-likeness (QED) is 0.480. The summed E-state index contributed by atoms with van der Waals surface area (Å²) < 4.78 is 43.8. The van der Waals surface area contributed by atoms with Crippen molar-refractivity contribution >= 4 is 17.7 Å². The molecule has 0 radical (unpaired) electrons. The second-order valence-corrected chi connectivity index (χ2v) is 7.76. The molecule has 1 aliphatic rings. The van der Waals surface area contributed by atoms with Crippen molar-refractivity contribution in [3.8, 4) is 0 Å². The maximum Gasteiger partial charge on any atom is 0.453 e. The van der Waals surface area contributed by atoms with Crippen LogP contribution in [0, 0.1) is 17.8 Å². The van der Waals surface area contributed by atoms with Gasteiger partial charge < -0.3 is 10.6 Å². The summed E-state index contributed by atoms with van der Waals surface area (Å²) in [5, 5.41) is 6.22. The molecule has 0 aliphatic heterocycles. The molecule has 25 heavy (non-hydrogen) atoms. The Morgan fingerprint density at radius 2 is 2.08 bits per heavy atom. The lowest BCUT2D eigenvalue weighted by molar-refractivity contribution is -0.152. The van der Waals surface area contributed by atoms with E-state index in [4.69, 9.17) is 10.6 Å². The number of carbonyl (C=O) groups is 1. The number of hydrogen-bond donors (Lipinski definition) is 1. The van der Waals surface area contributed by atoms with Crippen LogP contribution in [-0.2, 0) is 15.7 Å². The van der Waals surface area contributed by atoms with Crippen molar-refractivity contribution in [1.82, 2.24) is 14.9 Å². The Labute approximate surface area is 148 Å². The van der Waals surface area contributed by atoms with Gasteiger partial charge in [-0.25, -0.2) is 4.68 Å². The van der Waals surface area contributed by atoms with Crippen LogP contribution in [0.5, 0.6) is 0 Å². The summed E-state index contributed by atoms with van der Waals surface area (Å²) >= 11 is 0.781. The van der Waals surface area contributed by atoms with Crippen LogP contribution in [0.3, 0.4) is 0 Å². The van der Waals surface area contributed by atoms with Gasteiger partial charge >= 0.3 is 12.1 Å². The molecule has 1 aliphatic carbocycles. The summed E-state index contributed by atoms with van der Waals surface area (Å²) in [7, 11) is 0. The van der Waals surface area contributed by atoms with Crippen LogP contribution >= 0.6 is 11.8 Å². The molecule has 0 saturated heterocycles. The van der Waals surface area contributed by atoms with Gasteiger partial charge in [-0.3, -0.25) is 4.79 Å². The van der Waals surface area contributed by atoms with E-state index in [0.29, 0.717) is 22.4 Å². The van der Waals surface area contributed by atoms with Crippen molar-refractivity contribution in [2.45, 2.75) is 57.5 Å². The van der Waals surface area contributed by atoms with Gasteiger partial charge in [0.25, 0.3) is 5.82 Å². The van der Waals surface area contributed by atoms with E-state index in [0.717, 1.165) is 31.0 Å². The van der Waals surface area contributed by atoms with E-state index >= 15 is 0 Å². The van der Waals surface area contributed by atoms with Crippen molar-refractivity contribution in [3.63, 3.8) is 0 Å². The zero-order valence-corrected chi connectivity index (χ0v) is 15.2. The first-order chi connectivity index (χ1) is 11.6. The van der Waals surface area contributed by atoms with Gasteiger partial charge in [-0.15, -0.1) is 10.2 Å². The number of thioether (sulfide) groups is 1. The maximum absolute atomic E-state index is 12.6. The third-order valence-electron chi connectivity index (χ3n) is 4.48. The molecule has 0 spiro atoms. The Bertz CT molecular complexity index is 606. The molecule has 142 valence electrons. The third kappa shape index (κ3) is 5.02. The number of carbonyl (C=O) groups excluding carboxylic acids is 1. The van der Waals surface area contributed by atoms with E-state index in [9.17, 15) is 18.0 Å². The molecule has 2 rings (SSSR count). The third-order valence-corrected chi connectivity index (χ3v) is 5.40. The first kappa shape index (κ1) is 19.9. The highest BCUT2D eigenvalue weighted by atomic mass is 32.2. The van der Waals surface area contributed by atoms with Gasteiger partial charge in [-0.1, -0.05) is 39.0 Å². The molecule has 10 heteroatoms. The fraction of sp³-hybridized carbons (Fsp3) is 0.800. The second kappa shape index (κ2) is 7.84. The van der Waals surface area contributed by atoms with Crippen LogP contribution in [0.4, 0.5) is 13.2 Å². The molecule has 0 bridgehead atoms. The standard InChI is InChI=1S/C15H23F3N4O2S/c1-8(2)10-5-4-9(3)6-11(10)24-12(23)7-25-14-21-20-13(22(14)19)15(16,17)18/h8-11H,4-7,19H2,1-3H3/t9-,10-,11-/m1/s1. The van der Waals surface area contributed by atoms with Gasteiger partial charge in [0.2, 0.25) is 5.16 Å². The molecular formula is C15H23F3N4O2S. The minimum Gasteiger partial charge on any atom is -0.461 e. The van der Waals surface area contributed by atoms with Crippen LogP contribution in [0.15, 0.2) is 5.16 Å². The van der Waals surface area contributed by atoms with E-state index in [2.05, 4.69) is 31.0 Å². The molecule has 1 heterocycles. The van der Waals surface area contributed by atoms with Gasteiger partial charge in [0, 0.05) is 0 Å². The number of ether oxygens (including phenoxy) is 1. The van der Waals surface area contributed by atoms with E-state index < -0.39 is 18.0 Å². The molecular weight excluding hydrogens is 357 g/mol. The largest absolute Gasteiger partial charge is 0.461 e. The Hall–Kier alpha value is -1.45. The number of alkyl halides is 3. The normalized spacial score (nSPS) is 24.5. The zero-order chi connectivity index (χ0) is 18.8. The monoisotopic (exact) mass is 380 g/mol. The van der Waals surface area contributed by atoms with Crippen molar-refractivity contribution < 1.29 is 22.7 Å². The molecule has 0 unspecified atom stereocenters. The minimum absolute atomic E-state index is 0.154. The summed E-state index contributed by atoms with van der Waals surface area (Å²) in [5.74, 6) is 4.59. The predicted molar refractivity (Wildman–Crippen MR) is 87.1 cm³/mol. The van der Waals surface area contributed by atoms with Gasteiger partial charge in [0.15, 0.2) is 0 Å². The number of hydrogen-bond acceptors (Lipinski definition) is 6. The van der Waals surface area contributed by atoms with Crippen molar-refractivity contribution in [2.24, 2.45) is 17.8 Å². The molecule has 1 aromatic rings. The molecule has 0 aromatic carbocycles. The lowest BCUT2D eigenvalue weighted by atomic mass is 9.75. The highest BCUT2D eigenvalue weighted by Gasteiger charge is 2.38. The van der Waals surface area contributed by atoms with E-state index in [1.165, 1.54) is 0 Å². The smallest absolute Gasteiger partial charge is 0.453 e. The van der Waals surface area contributed by atoms with Gasteiger partial charge in [-0.05, 0) is 30.6 Å². The number of esters is 1. The van der Waals surface area contributed by atoms with Crippen molar-refractivity contribution in [2.75, 3.05) is 11.6 Å². The fourth-order valence-corrected chi connectivity index (χ4v) is 3.78. The fourth-order valence-electron chi connectivity index (χ4n) is 3.15. The summed E-state index contributed by atoms with van der Waals surface area (Å²) in [5.41, 5.74) is 0. The molecule has 3 atom stereocenters. The average Bonchev–Trinajstić information content (AvgIpc) is 2.86. The molecule has 1 saturated carbocycles. The lowest BCUT2D eigenvalue weighted by Crippen LogP contribution is -2.36. The number of nitrogens with two attached hydrogens (primary N) is 1. The number of nitrogens with zero attached hydrogens (tertiary/aromatic N) is 3. The Morgan fingerprint density at radius 3 is 2.64 bits per heavy atom. The predicted octanol–water partition coefficient (Wildman–Crippen LogP) is 3.11. The first-order valence-corrected chi connectivity index (χ1v) is 9.18. The summed E-state index contributed by atoms with van der Waals surface area (Å²) in [6.45, 7) is 6.33.